The summed E-state index contributed by atoms with van der Waals surface area (Å²) < 4.78 is 7.06. The van der Waals surface area contributed by atoms with Crippen LogP contribution in [0.4, 0.5) is 5.69 Å². The molecule has 0 aliphatic carbocycles. The topological polar surface area (TPSA) is 77.2 Å². The smallest absolute Gasteiger partial charge is 0.256 e. The number of hydrogen-bond acceptors (Lipinski definition) is 4. The largest absolute Gasteiger partial charge is 0.438 e. The lowest BCUT2D eigenvalue weighted by Gasteiger charge is -2.21. The van der Waals surface area contributed by atoms with Gasteiger partial charge in [0.05, 0.1) is 5.69 Å². The van der Waals surface area contributed by atoms with Crippen molar-refractivity contribution in [2.45, 2.75) is 53.5 Å². The summed E-state index contributed by atoms with van der Waals surface area (Å²) in [6.07, 6.45) is 1.88. The number of hydrogen-bond donors (Lipinski definition) is 2. The highest BCUT2D eigenvalue weighted by atomic mass is 79.9. The van der Waals surface area contributed by atoms with Crippen LogP contribution in [0.1, 0.15) is 53.9 Å². The molecule has 0 saturated carbocycles. The van der Waals surface area contributed by atoms with Crippen molar-refractivity contribution in [1.82, 2.24) is 4.98 Å². The lowest BCUT2D eigenvalue weighted by Crippen LogP contribution is -2.22. The molecule has 1 heterocycles. The molecule has 0 radical (unpaired) electrons. The van der Waals surface area contributed by atoms with E-state index in [0.717, 1.165) is 34.1 Å². The second-order valence-corrected chi connectivity index (χ2v) is 7.40. The molecule has 3 N–H and O–H groups in total. The Labute approximate surface area is 163 Å². The zero-order chi connectivity index (χ0) is 19.4. The minimum Gasteiger partial charge on any atom is -0.438 e. The average Bonchev–Trinajstić information content (AvgIpc) is 2.55. The Balaban J connectivity index is 2.55. The van der Waals surface area contributed by atoms with Crippen LogP contribution >= 0.6 is 15.9 Å². The van der Waals surface area contributed by atoms with Crippen LogP contribution in [-0.4, -0.2) is 16.9 Å². The molecule has 140 valence electrons. The molecule has 1 aromatic heterocycles. The molecule has 6 heteroatoms. The molecule has 0 fully saturated rings. The highest BCUT2D eigenvalue weighted by molar-refractivity contribution is 9.10. The number of amides is 1. The minimum atomic E-state index is -0.562. The fraction of sp³-hybridized carbons (Fsp3) is 0.400. The summed E-state index contributed by atoms with van der Waals surface area (Å²) in [4.78, 5) is 16.6. The van der Waals surface area contributed by atoms with E-state index < -0.39 is 5.91 Å². The van der Waals surface area contributed by atoms with Gasteiger partial charge in [0.15, 0.2) is 0 Å². The molecule has 5 nitrogen and oxygen atoms in total. The van der Waals surface area contributed by atoms with Gasteiger partial charge in [0.25, 0.3) is 5.91 Å². The first kappa shape index (κ1) is 20.2. The number of anilines is 1. The van der Waals surface area contributed by atoms with Crippen LogP contribution in [0.15, 0.2) is 22.7 Å². The predicted molar refractivity (Wildman–Crippen MR) is 109 cm³/mol. The van der Waals surface area contributed by atoms with E-state index >= 15 is 0 Å². The molecule has 0 bridgehead atoms. The SMILES string of the molecule is CCC(CC)Nc1cc(C)nc(Oc2c(C)cc(Br)cc2C)c1C(N)=O. The van der Waals surface area contributed by atoms with Crippen LogP contribution in [0.2, 0.25) is 0 Å². The van der Waals surface area contributed by atoms with E-state index in [0.29, 0.717) is 11.4 Å². The van der Waals surface area contributed by atoms with Gasteiger partial charge >= 0.3 is 0 Å². The predicted octanol–water partition coefficient (Wildman–Crippen LogP) is 5.26. The second-order valence-electron chi connectivity index (χ2n) is 6.48. The monoisotopic (exact) mass is 419 g/mol. The van der Waals surface area contributed by atoms with Crippen molar-refractivity contribution in [2.24, 2.45) is 5.73 Å². The standard InChI is InChI=1S/C20H26BrN3O2/c1-6-15(7-2)24-16-10-13(5)23-20(17(16)19(22)25)26-18-11(3)8-14(21)9-12(18)4/h8-10,15H,6-7H2,1-5H3,(H2,22,25)(H,23,24). The summed E-state index contributed by atoms with van der Waals surface area (Å²) in [5.41, 5.74) is 9.27. The number of primary amides is 1. The van der Waals surface area contributed by atoms with Gasteiger partial charge in [-0.3, -0.25) is 4.79 Å². The third-order valence-electron chi connectivity index (χ3n) is 4.33. The highest BCUT2D eigenvalue weighted by Crippen LogP contribution is 2.35. The second kappa shape index (κ2) is 8.54. The summed E-state index contributed by atoms with van der Waals surface area (Å²) >= 11 is 3.48. The summed E-state index contributed by atoms with van der Waals surface area (Å²) in [6, 6.07) is 6.02. The van der Waals surface area contributed by atoms with Crippen molar-refractivity contribution >= 4 is 27.5 Å². The maximum absolute atomic E-state index is 12.2. The molecule has 0 spiro atoms. The van der Waals surface area contributed by atoms with E-state index in [1.807, 2.05) is 39.0 Å². The van der Waals surface area contributed by atoms with E-state index in [-0.39, 0.29) is 17.5 Å². The Morgan fingerprint density at radius 1 is 1.19 bits per heavy atom. The Morgan fingerprint density at radius 2 is 1.77 bits per heavy atom. The first-order valence-corrected chi connectivity index (χ1v) is 9.58. The minimum absolute atomic E-state index is 0.236. The van der Waals surface area contributed by atoms with Crippen LogP contribution in [0, 0.1) is 20.8 Å². The van der Waals surface area contributed by atoms with Gasteiger partial charge in [-0.05, 0) is 62.9 Å². The van der Waals surface area contributed by atoms with Gasteiger partial charge in [-0.25, -0.2) is 4.98 Å². The molecule has 2 rings (SSSR count). The zero-order valence-electron chi connectivity index (χ0n) is 15.9. The van der Waals surface area contributed by atoms with Gasteiger partial charge in [0.2, 0.25) is 5.88 Å². The van der Waals surface area contributed by atoms with E-state index in [4.69, 9.17) is 10.5 Å². The van der Waals surface area contributed by atoms with Gasteiger partial charge in [0.1, 0.15) is 11.3 Å². The molecule has 26 heavy (non-hydrogen) atoms. The number of aromatic nitrogens is 1. The molecule has 1 aromatic carbocycles. The normalized spacial score (nSPS) is 10.9. The van der Waals surface area contributed by atoms with E-state index in [1.54, 1.807) is 0 Å². The maximum Gasteiger partial charge on any atom is 0.256 e. The Hall–Kier alpha value is -2.08. The lowest BCUT2D eigenvalue weighted by molar-refractivity contribution is 0.0998. The third kappa shape index (κ3) is 4.55. The number of nitrogens with two attached hydrogens (primary N) is 1. The number of pyridine rings is 1. The lowest BCUT2D eigenvalue weighted by atomic mass is 10.1. The Morgan fingerprint density at radius 3 is 2.27 bits per heavy atom. The molecule has 0 aliphatic heterocycles. The summed E-state index contributed by atoms with van der Waals surface area (Å²) in [5.74, 6) is 0.357. The van der Waals surface area contributed by atoms with E-state index in [9.17, 15) is 4.79 Å². The van der Waals surface area contributed by atoms with E-state index in [1.165, 1.54) is 0 Å². The molecule has 0 unspecified atom stereocenters. The number of ether oxygens (including phenoxy) is 1. The fourth-order valence-electron chi connectivity index (χ4n) is 2.94. The number of carbonyl (C=O) groups is 1. The first-order chi connectivity index (χ1) is 12.3. The summed E-state index contributed by atoms with van der Waals surface area (Å²) in [5, 5.41) is 3.41. The molecular weight excluding hydrogens is 394 g/mol. The van der Waals surface area contributed by atoms with Gasteiger partial charge in [-0.15, -0.1) is 0 Å². The van der Waals surface area contributed by atoms with Crippen LogP contribution in [0.25, 0.3) is 0 Å². The number of carbonyl (C=O) groups excluding carboxylic acids is 1. The van der Waals surface area contributed by atoms with Crippen molar-refractivity contribution in [3.8, 4) is 11.6 Å². The molecule has 0 saturated heterocycles. The summed E-state index contributed by atoms with van der Waals surface area (Å²) in [6.45, 7) is 9.99. The van der Waals surface area contributed by atoms with Crippen LogP contribution in [-0.2, 0) is 0 Å². The van der Waals surface area contributed by atoms with Crippen molar-refractivity contribution in [3.05, 3.63) is 45.1 Å². The van der Waals surface area contributed by atoms with Gasteiger partial charge < -0.3 is 15.8 Å². The van der Waals surface area contributed by atoms with Gasteiger partial charge in [0, 0.05) is 16.2 Å². The highest BCUT2D eigenvalue weighted by Gasteiger charge is 2.21. The van der Waals surface area contributed by atoms with Crippen LogP contribution < -0.4 is 15.8 Å². The van der Waals surface area contributed by atoms with E-state index in [2.05, 4.69) is 40.1 Å². The fourth-order valence-corrected chi connectivity index (χ4v) is 3.62. The summed E-state index contributed by atoms with van der Waals surface area (Å²) in [7, 11) is 0. The molecule has 0 atom stereocenters. The number of nitrogens with one attached hydrogen (secondary N) is 1. The number of benzene rings is 1. The number of aryl methyl sites for hydroxylation is 3. The molecule has 0 aliphatic rings. The molecule has 1 amide bonds. The zero-order valence-corrected chi connectivity index (χ0v) is 17.5. The number of halogens is 1. The molecule has 2 aromatic rings. The third-order valence-corrected chi connectivity index (χ3v) is 4.79. The number of rotatable bonds is 7. The van der Waals surface area contributed by atoms with Crippen molar-refractivity contribution in [1.29, 1.82) is 0 Å². The van der Waals surface area contributed by atoms with Crippen molar-refractivity contribution in [2.75, 3.05) is 5.32 Å². The quantitative estimate of drug-likeness (QED) is 0.641. The Bertz CT molecular complexity index is 794. The van der Waals surface area contributed by atoms with Crippen molar-refractivity contribution in [3.63, 3.8) is 0 Å². The van der Waals surface area contributed by atoms with Crippen LogP contribution in [0.3, 0.4) is 0 Å². The van der Waals surface area contributed by atoms with Gasteiger partial charge in [-0.1, -0.05) is 29.8 Å². The average molecular weight is 420 g/mol. The molecular formula is C20H26BrN3O2. The number of nitrogens with zero attached hydrogens (tertiary/aromatic N) is 1. The Kier molecular flexibility index (Phi) is 6.64. The maximum atomic E-state index is 12.2. The van der Waals surface area contributed by atoms with Crippen LogP contribution in [0.5, 0.6) is 11.6 Å². The van der Waals surface area contributed by atoms with Gasteiger partial charge in [-0.2, -0.15) is 0 Å². The first-order valence-electron chi connectivity index (χ1n) is 8.79. The van der Waals surface area contributed by atoms with Crippen molar-refractivity contribution < 1.29 is 9.53 Å².